The van der Waals surface area contributed by atoms with Crippen molar-refractivity contribution in [3.05, 3.63) is 58.9 Å². The van der Waals surface area contributed by atoms with E-state index in [1.165, 1.54) is 24.8 Å². The highest BCUT2D eigenvalue weighted by atomic mass is 32.2. The largest absolute Gasteiger partial charge is 0.492 e. The molecule has 0 bridgehead atoms. The zero-order valence-corrected chi connectivity index (χ0v) is 20.7. The normalized spacial score (nSPS) is 20.7. The van der Waals surface area contributed by atoms with E-state index >= 15 is 4.39 Å². The Morgan fingerprint density at radius 1 is 1.20 bits per heavy atom. The number of hydrogen-bond acceptors (Lipinski definition) is 4. The Labute approximate surface area is 202 Å². The van der Waals surface area contributed by atoms with Gasteiger partial charge in [-0.25, -0.2) is 18.1 Å². The van der Waals surface area contributed by atoms with E-state index in [-0.39, 0.29) is 24.9 Å². The summed E-state index contributed by atoms with van der Waals surface area (Å²) in [5.41, 5.74) is -4.18. The van der Waals surface area contributed by atoms with Crippen LogP contribution < -0.4 is 4.72 Å². The number of nitrogens with zero attached hydrogens (tertiary/aromatic N) is 1. The number of benzene rings is 2. The maximum Gasteiger partial charge on any atom is 0.492 e. The van der Waals surface area contributed by atoms with Gasteiger partial charge in [0.05, 0.1) is 6.04 Å². The van der Waals surface area contributed by atoms with Gasteiger partial charge in [0.15, 0.2) is 0 Å². The number of rotatable bonds is 6. The fourth-order valence-electron chi connectivity index (χ4n) is 4.44. The van der Waals surface area contributed by atoms with Crippen molar-refractivity contribution >= 4 is 15.8 Å². The summed E-state index contributed by atoms with van der Waals surface area (Å²) in [5, 5.41) is 10.2. The molecule has 1 aliphatic heterocycles. The maximum absolute atomic E-state index is 15.6. The SMILES string of the molecule is Cc1cc(C)cc(-c2cccc(C[C@H]3[C@@H](NS(=N)(=O)C(F)(F)F)CCN3C(=O)C(C)(C)O)c2F)c1. The highest BCUT2D eigenvalue weighted by Gasteiger charge is 2.48. The molecule has 3 N–H and O–H groups in total. The number of aryl methyl sites for hydroxylation is 2. The van der Waals surface area contributed by atoms with Crippen molar-refractivity contribution in [3.8, 4) is 11.1 Å². The van der Waals surface area contributed by atoms with Gasteiger partial charge in [0, 0.05) is 18.2 Å². The molecule has 3 atom stereocenters. The Hall–Kier alpha value is -2.50. The molecule has 6 nitrogen and oxygen atoms in total. The third-order valence-corrected chi connectivity index (χ3v) is 7.30. The van der Waals surface area contributed by atoms with Crippen LogP contribution in [0.25, 0.3) is 11.1 Å². The number of likely N-dealkylation sites (tertiary alicyclic amines) is 1. The number of amides is 1. The first-order valence-electron chi connectivity index (χ1n) is 11.0. The minimum Gasteiger partial charge on any atom is -0.381 e. The van der Waals surface area contributed by atoms with Crippen LogP contribution in [0.15, 0.2) is 36.4 Å². The predicted molar refractivity (Wildman–Crippen MR) is 125 cm³/mol. The number of alkyl halides is 3. The van der Waals surface area contributed by atoms with Crippen LogP contribution in [-0.4, -0.2) is 49.9 Å². The van der Waals surface area contributed by atoms with Crippen LogP contribution >= 0.6 is 0 Å². The smallest absolute Gasteiger partial charge is 0.381 e. The molecule has 1 unspecified atom stereocenters. The van der Waals surface area contributed by atoms with Gasteiger partial charge in [0.1, 0.15) is 11.4 Å². The molecule has 2 aromatic rings. The van der Waals surface area contributed by atoms with Crippen molar-refractivity contribution in [2.45, 2.75) is 63.7 Å². The van der Waals surface area contributed by atoms with Crippen LogP contribution in [0.1, 0.15) is 37.0 Å². The van der Waals surface area contributed by atoms with Crippen LogP contribution in [0.5, 0.6) is 0 Å². The molecule has 1 heterocycles. The Balaban J connectivity index is 2.02. The van der Waals surface area contributed by atoms with Gasteiger partial charge in [0.25, 0.3) is 5.91 Å². The molecule has 2 aromatic carbocycles. The van der Waals surface area contributed by atoms with Crippen molar-refractivity contribution in [1.82, 2.24) is 9.62 Å². The lowest BCUT2D eigenvalue weighted by molar-refractivity contribution is -0.148. The van der Waals surface area contributed by atoms with Gasteiger partial charge >= 0.3 is 5.51 Å². The molecule has 0 aliphatic carbocycles. The zero-order valence-electron chi connectivity index (χ0n) is 19.9. The summed E-state index contributed by atoms with van der Waals surface area (Å²) in [5.74, 6) is -1.33. The molecule has 0 saturated carbocycles. The number of carbonyl (C=O) groups is 1. The average molecular weight is 516 g/mol. The van der Waals surface area contributed by atoms with E-state index in [2.05, 4.69) is 0 Å². The summed E-state index contributed by atoms with van der Waals surface area (Å²) in [7, 11) is -5.21. The first-order valence-corrected chi connectivity index (χ1v) is 12.6. The van der Waals surface area contributed by atoms with Crippen LogP contribution in [-0.2, 0) is 21.1 Å². The molecule has 1 aliphatic rings. The topological polar surface area (TPSA) is 93.5 Å². The second kappa shape index (κ2) is 9.51. The van der Waals surface area contributed by atoms with Crippen molar-refractivity contribution in [3.63, 3.8) is 0 Å². The lowest BCUT2D eigenvalue weighted by Gasteiger charge is -2.33. The van der Waals surface area contributed by atoms with Gasteiger partial charge in [0.2, 0.25) is 9.92 Å². The van der Waals surface area contributed by atoms with Crippen molar-refractivity contribution in [1.29, 1.82) is 4.78 Å². The second-order valence-corrected chi connectivity index (χ2v) is 11.3. The van der Waals surface area contributed by atoms with E-state index in [9.17, 15) is 27.3 Å². The van der Waals surface area contributed by atoms with Crippen LogP contribution in [0, 0.1) is 24.4 Å². The number of nitrogens with one attached hydrogen (secondary N) is 2. The molecular formula is C24H29F4N3O3S. The molecule has 1 saturated heterocycles. The molecule has 3 rings (SSSR count). The Kier molecular flexibility index (Phi) is 7.36. The first kappa shape index (κ1) is 27.1. The number of aliphatic hydroxyl groups is 1. The summed E-state index contributed by atoms with van der Waals surface area (Å²) in [6.45, 7) is 6.21. The van der Waals surface area contributed by atoms with Crippen molar-refractivity contribution < 1.29 is 31.7 Å². The van der Waals surface area contributed by atoms with Crippen LogP contribution in [0.2, 0.25) is 0 Å². The minimum atomic E-state index is -5.32. The predicted octanol–water partition coefficient (Wildman–Crippen LogP) is 4.46. The molecule has 0 spiro atoms. The van der Waals surface area contributed by atoms with Gasteiger partial charge in [-0.2, -0.15) is 13.2 Å². The maximum atomic E-state index is 15.6. The molecule has 35 heavy (non-hydrogen) atoms. The summed E-state index contributed by atoms with van der Waals surface area (Å²) in [4.78, 5) is 14.0. The van der Waals surface area contributed by atoms with Gasteiger partial charge in [-0.15, -0.1) is 0 Å². The van der Waals surface area contributed by atoms with E-state index in [0.717, 1.165) is 11.1 Å². The standard InChI is InChI=1S/C24H29F4N3O3S/c1-14-10-15(2)12-17(11-14)18-7-5-6-16(21(18)25)13-20-19(30-35(29,34)24(26,27)28)8-9-31(20)22(32)23(3,4)33/h5-7,10-12,19-20,33H,8-9,13H2,1-4H3,(H2,29,30,34)/t19-,20-,35?/m0/s1. The van der Waals surface area contributed by atoms with E-state index in [1.54, 1.807) is 12.1 Å². The Morgan fingerprint density at radius 3 is 2.34 bits per heavy atom. The zero-order chi connectivity index (χ0) is 26.3. The lowest BCUT2D eigenvalue weighted by Crippen LogP contribution is -2.53. The number of hydrogen-bond donors (Lipinski definition) is 3. The summed E-state index contributed by atoms with van der Waals surface area (Å²) in [6.07, 6.45) is -0.242. The number of halogens is 4. The van der Waals surface area contributed by atoms with E-state index in [4.69, 9.17) is 4.78 Å². The lowest BCUT2D eigenvalue weighted by atomic mass is 9.94. The van der Waals surface area contributed by atoms with E-state index < -0.39 is 44.8 Å². The van der Waals surface area contributed by atoms with Crippen LogP contribution in [0.3, 0.4) is 0 Å². The second-order valence-electron chi connectivity index (χ2n) is 9.50. The fourth-order valence-corrected chi connectivity index (χ4v) is 5.28. The average Bonchev–Trinajstić information content (AvgIpc) is 3.08. The summed E-state index contributed by atoms with van der Waals surface area (Å²) >= 11 is 0. The number of carbonyl (C=O) groups excluding carboxylic acids is 1. The highest BCUT2D eigenvalue weighted by molar-refractivity contribution is 7.91. The molecule has 1 fully saturated rings. The third-order valence-electron chi connectivity index (χ3n) is 6.01. The highest BCUT2D eigenvalue weighted by Crippen LogP contribution is 2.32. The van der Waals surface area contributed by atoms with Crippen LogP contribution in [0.4, 0.5) is 17.6 Å². The molecule has 0 radical (unpaired) electrons. The third kappa shape index (κ3) is 5.84. The van der Waals surface area contributed by atoms with Gasteiger partial charge < -0.3 is 10.0 Å². The minimum absolute atomic E-state index is 0.0447. The van der Waals surface area contributed by atoms with Crippen molar-refractivity contribution in [2.24, 2.45) is 0 Å². The van der Waals surface area contributed by atoms with Crippen molar-refractivity contribution in [2.75, 3.05) is 6.54 Å². The molecule has 0 aromatic heterocycles. The van der Waals surface area contributed by atoms with Gasteiger partial charge in [-0.1, -0.05) is 47.5 Å². The first-order chi connectivity index (χ1) is 16.0. The Bertz CT molecular complexity index is 1200. The molecule has 1 amide bonds. The Morgan fingerprint density at radius 2 is 1.80 bits per heavy atom. The van der Waals surface area contributed by atoms with E-state index in [0.29, 0.717) is 11.1 Å². The monoisotopic (exact) mass is 515 g/mol. The summed E-state index contributed by atoms with van der Waals surface area (Å²) < 4.78 is 76.3. The molecule has 192 valence electrons. The molecular weight excluding hydrogens is 486 g/mol. The molecule has 11 heteroatoms. The summed E-state index contributed by atoms with van der Waals surface area (Å²) in [6, 6.07) is 8.01. The van der Waals surface area contributed by atoms with E-state index in [1.807, 2.05) is 36.8 Å². The quantitative estimate of drug-likeness (QED) is 0.496. The van der Waals surface area contributed by atoms with Gasteiger partial charge in [-0.3, -0.25) is 4.79 Å². The fraction of sp³-hybridized carbons (Fsp3) is 0.458. The van der Waals surface area contributed by atoms with Gasteiger partial charge in [-0.05, 0) is 51.7 Å².